The first-order valence-corrected chi connectivity index (χ1v) is 14.8. The average Bonchev–Trinajstić information content (AvgIpc) is 3.27. The number of fused-ring (bicyclic) bond motifs is 9. The topological polar surface area (TPSA) is 0 Å². The number of hydrogen-bond donors (Lipinski definition) is 0. The van der Waals surface area contributed by atoms with Crippen molar-refractivity contribution in [2.24, 2.45) is 5.92 Å². The molecule has 2 atom stereocenters. The fourth-order valence-electron chi connectivity index (χ4n) is 9.38. The molecule has 9 rings (SSSR count). The molecule has 0 radical (unpaired) electrons. The number of benzene rings is 6. The van der Waals surface area contributed by atoms with Gasteiger partial charge in [0, 0.05) is 16.7 Å². The van der Waals surface area contributed by atoms with Crippen molar-refractivity contribution in [3.8, 4) is 11.1 Å². The van der Waals surface area contributed by atoms with Crippen LogP contribution in [0.4, 0.5) is 0 Å². The monoisotopic (exact) mass is 514 g/mol. The fraction of sp³-hybridized carbons (Fsp3) is 0.250. The van der Waals surface area contributed by atoms with Crippen LogP contribution in [-0.4, -0.2) is 0 Å². The van der Waals surface area contributed by atoms with Gasteiger partial charge in [-0.2, -0.15) is 0 Å². The third-order valence-electron chi connectivity index (χ3n) is 11.4. The molecule has 0 N–H and O–H groups in total. The van der Waals surface area contributed by atoms with E-state index in [4.69, 9.17) is 0 Å². The molecule has 6 aromatic carbocycles. The molecule has 6 aromatic rings. The van der Waals surface area contributed by atoms with E-state index in [1.807, 2.05) is 0 Å². The smallest absolute Gasteiger partial charge is 0.0255 e. The second-order valence-corrected chi connectivity index (χ2v) is 14.0. The van der Waals surface area contributed by atoms with Gasteiger partial charge in [0.15, 0.2) is 0 Å². The van der Waals surface area contributed by atoms with Gasteiger partial charge in [0.25, 0.3) is 0 Å². The Morgan fingerprint density at radius 1 is 0.575 bits per heavy atom. The van der Waals surface area contributed by atoms with Crippen molar-refractivity contribution < 1.29 is 0 Å². The van der Waals surface area contributed by atoms with Crippen molar-refractivity contribution >= 4 is 38.4 Å². The summed E-state index contributed by atoms with van der Waals surface area (Å²) in [7, 11) is 0. The van der Waals surface area contributed by atoms with Crippen LogP contribution in [0.1, 0.15) is 68.0 Å². The van der Waals surface area contributed by atoms with Gasteiger partial charge in [0.1, 0.15) is 0 Å². The van der Waals surface area contributed by atoms with Crippen LogP contribution in [0.25, 0.3) is 49.5 Å². The second kappa shape index (κ2) is 6.87. The summed E-state index contributed by atoms with van der Waals surface area (Å²) < 4.78 is 0. The Morgan fingerprint density at radius 3 is 2.08 bits per heavy atom. The van der Waals surface area contributed by atoms with E-state index in [9.17, 15) is 0 Å². The van der Waals surface area contributed by atoms with Gasteiger partial charge in [-0.05, 0) is 100 Å². The SMILES string of the molecule is Cc1cc2c(c3ccccc13)-c1cc3c(cc1C2(C)C)C1(C)c2ccc4cccc5ccc(c2c45)=CC1C3(C)C. The molecule has 194 valence electrons. The van der Waals surface area contributed by atoms with E-state index < -0.39 is 0 Å². The lowest BCUT2D eigenvalue weighted by Gasteiger charge is -2.40. The maximum atomic E-state index is 2.64. The lowest BCUT2D eigenvalue weighted by Crippen LogP contribution is -2.39. The maximum absolute atomic E-state index is 2.64. The zero-order chi connectivity index (χ0) is 27.3. The minimum atomic E-state index is -0.0813. The van der Waals surface area contributed by atoms with Crippen LogP contribution in [0, 0.1) is 12.8 Å². The zero-order valence-electron chi connectivity index (χ0n) is 24.2. The summed E-state index contributed by atoms with van der Waals surface area (Å²) in [6.45, 7) is 14.7. The largest absolute Gasteiger partial charge is 0.0714 e. The molecule has 0 aromatic heterocycles. The van der Waals surface area contributed by atoms with Crippen molar-refractivity contribution in [2.45, 2.75) is 57.8 Å². The zero-order valence-corrected chi connectivity index (χ0v) is 24.2. The first-order chi connectivity index (χ1) is 19.1. The Bertz CT molecular complexity index is 2170. The third kappa shape index (κ3) is 2.39. The van der Waals surface area contributed by atoms with E-state index in [1.165, 1.54) is 82.0 Å². The Balaban J connectivity index is 1.40. The second-order valence-electron chi connectivity index (χ2n) is 14.0. The molecule has 0 spiro atoms. The summed E-state index contributed by atoms with van der Waals surface area (Å²) >= 11 is 0. The molecule has 0 saturated heterocycles. The molecule has 40 heavy (non-hydrogen) atoms. The Kier molecular flexibility index (Phi) is 3.93. The molecule has 0 saturated carbocycles. The molecule has 0 heterocycles. The summed E-state index contributed by atoms with van der Waals surface area (Å²) in [4.78, 5) is 0. The third-order valence-corrected chi connectivity index (χ3v) is 11.4. The van der Waals surface area contributed by atoms with E-state index in [0.29, 0.717) is 5.92 Å². The summed E-state index contributed by atoms with van der Waals surface area (Å²) in [6, 6.07) is 33.0. The molecule has 3 aliphatic rings. The first-order valence-electron chi connectivity index (χ1n) is 14.8. The highest BCUT2D eigenvalue weighted by Crippen LogP contribution is 2.63. The number of rotatable bonds is 0. The van der Waals surface area contributed by atoms with Crippen molar-refractivity contribution in [3.63, 3.8) is 0 Å². The van der Waals surface area contributed by atoms with E-state index in [0.717, 1.165) is 0 Å². The minimum Gasteiger partial charge on any atom is -0.0714 e. The van der Waals surface area contributed by atoms with Gasteiger partial charge in [-0.1, -0.05) is 120 Å². The normalized spacial score (nSPS) is 22.7. The van der Waals surface area contributed by atoms with E-state index in [-0.39, 0.29) is 16.2 Å². The quantitative estimate of drug-likeness (QED) is 0.189. The molecule has 3 aliphatic carbocycles. The van der Waals surface area contributed by atoms with Crippen LogP contribution in [0.3, 0.4) is 0 Å². The van der Waals surface area contributed by atoms with Crippen molar-refractivity contribution in [1.82, 2.24) is 0 Å². The van der Waals surface area contributed by atoms with Gasteiger partial charge >= 0.3 is 0 Å². The molecule has 0 heteroatoms. The summed E-state index contributed by atoms with van der Waals surface area (Å²) in [6.07, 6.45) is 2.62. The molecule has 2 unspecified atom stereocenters. The maximum Gasteiger partial charge on any atom is 0.0255 e. The molecule has 0 aliphatic heterocycles. The van der Waals surface area contributed by atoms with E-state index in [2.05, 4.69) is 133 Å². The Hall–Kier alpha value is -3.90. The number of aryl methyl sites for hydroxylation is 1. The minimum absolute atomic E-state index is 0.0109. The van der Waals surface area contributed by atoms with Crippen LogP contribution < -0.4 is 5.22 Å². The summed E-state index contributed by atoms with van der Waals surface area (Å²) in [5.41, 5.74) is 11.7. The predicted octanol–water partition coefficient (Wildman–Crippen LogP) is 9.49. The van der Waals surface area contributed by atoms with E-state index in [1.54, 1.807) is 0 Å². The van der Waals surface area contributed by atoms with Gasteiger partial charge in [0.05, 0.1) is 0 Å². The number of hydrogen-bond acceptors (Lipinski definition) is 0. The van der Waals surface area contributed by atoms with Crippen LogP contribution >= 0.6 is 0 Å². The highest BCUT2D eigenvalue weighted by atomic mass is 14.6. The molecule has 0 bridgehead atoms. The van der Waals surface area contributed by atoms with Crippen LogP contribution in [0.15, 0.2) is 84.9 Å². The van der Waals surface area contributed by atoms with Crippen LogP contribution in [0.2, 0.25) is 0 Å². The van der Waals surface area contributed by atoms with Crippen molar-refractivity contribution in [2.75, 3.05) is 0 Å². The van der Waals surface area contributed by atoms with Crippen molar-refractivity contribution in [1.29, 1.82) is 0 Å². The molecular formula is C40H34. The van der Waals surface area contributed by atoms with Crippen LogP contribution in [0.5, 0.6) is 0 Å². The van der Waals surface area contributed by atoms with Gasteiger partial charge in [-0.25, -0.2) is 0 Å². The van der Waals surface area contributed by atoms with Gasteiger partial charge in [-0.15, -0.1) is 0 Å². The summed E-state index contributed by atoms with van der Waals surface area (Å²) in [5, 5.41) is 9.75. The van der Waals surface area contributed by atoms with Gasteiger partial charge < -0.3 is 0 Å². The fourth-order valence-corrected chi connectivity index (χ4v) is 9.38. The lowest BCUT2D eigenvalue weighted by molar-refractivity contribution is 0.337. The van der Waals surface area contributed by atoms with Gasteiger partial charge in [-0.3, -0.25) is 0 Å². The predicted molar refractivity (Wildman–Crippen MR) is 170 cm³/mol. The standard InChI is InChI=1S/C40H34/c1-22-18-33-37(27-13-8-7-12-26(22)27)28-20-31-32(21-30(28)38(33,2)3)40(6)29-17-16-24-11-9-10-23-14-15-25(36(29)35(23)24)19-34(40)39(31,4)5/h7-21,34H,1-6H3. The highest BCUT2D eigenvalue weighted by Gasteiger charge is 2.56. The molecular weight excluding hydrogens is 480 g/mol. The average molecular weight is 515 g/mol. The Morgan fingerprint density at radius 2 is 1.30 bits per heavy atom. The van der Waals surface area contributed by atoms with Crippen molar-refractivity contribution in [3.05, 3.63) is 124 Å². The van der Waals surface area contributed by atoms with Gasteiger partial charge in [0.2, 0.25) is 0 Å². The highest BCUT2D eigenvalue weighted by molar-refractivity contribution is 6.12. The Labute approximate surface area is 236 Å². The first kappa shape index (κ1) is 22.9. The molecule has 0 fully saturated rings. The molecule has 0 nitrogen and oxygen atoms in total. The summed E-state index contributed by atoms with van der Waals surface area (Å²) in [5.74, 6) is 0.393. The molecule has 0 amide bonds. The van der Waals surface area contributed by atoms with Crippen LogP contribution in [-0.2, 0) is 16.2 Å². The van der Waals surface area contributed by atoms with E-state index >= 15 is 0 Å². The lowest BCUT2D eigenvalue weighted by atomic mass is 9.62.